The first-order valence-electron chi connectivity index (χ1n) is 4.96. The van der Waals surface area contributed by atoms with Gasteiger partial charge in [-0.25, -0.2) is 4.79 Å². The second kappa shape index (κ2) is 4.88. The summed E-state index contributed by atoms with van der Waals surface area (Å²) in [6, 6.07) is 0. The van der Waals surface area contributed by atoms with Crippen molar-refractivity contribution in [1.82, 2.24) is 9.55 Å². The highest BCUT2D eigenvalue weighted by molar-refractivity contribution is 14.1. The minimum Gasteiger partial charge on any atom is -0.396 e. The molecule has 1 aromatic rings. The molecule has 0 aromatic carbocycles. The maximum atomic E-state index is 11.6. The summed E-state index contributed by atoms with van der Waals surface area (Å²) >= 11 is 1.80. The lowest BCUT2D eigenvalue weighted by Gasteiger charge is -2.43. The Morgan fingerprint density at radius 3 is 2.71 bits per heavy atom. The van der Waals surface area contributed by atoms with Crippen molar-refractivity contribution in [2.45, 2.75) is 12.3 Å². The molecule has 1 aromatic heterocycles. The fourth-order valence-electron chi connectivity index (χ4n) is 1.78. The first-order chi connectivity index (χ1) is 8.08. The summed E-state index contributed by atoms with van der Waals surface area (Å²) in [6.07, 6.45) is 0.263. The van der Waals surface area contributed by atoms with Gasteiger partial charge in [0.05, 0.1) is 28.8 Å². The van der Waals surface area contributed by atoms with Gasteiger partial charge < -0.3 is 14.9 Å². The largest absolute Gasteiger partial charge is 0.396 e. The number of aliphatic hydroxyl groups excluding tert-OH is 2. The van der Waals surface area contributed by atoms with Gasteiger partial charge in [-0.2, -0.15) is 0 Å². The molecule has 7 nitrogen and oxygen atoms in total. The minimum absolute atomic E-state index is 0.196. The molecule has 1 aliphatic rings. The Kier molecular flexibility index (Phi) is 3.66. The second-order valence-electron chi connectivity index (χ2n) is 3.74. The van der Waals surface area contributed by atoms with E-state index in [1.54, 1.807) is 22.6 Å². The van der Waals surface area contributed by atoms with Gasteiger partial charge >= 0.3 is 5.69 Å². The molecule has 0 saturated carbocycles. The number of hydrogen-bond acceptors (Lipinski definition) is 5. The summed E-state index contributed by atoms with van der Waals surface area (Å²) in [5.74, 6) is -0.348. The van der Waals surface area contributed by atoms with Crippen LogP contribution in [-0.2, 0) is 4.74 Å². The van der Waals surface area contributed by atoms with Crippen LogP contribution in [0.4, 0.5) is 0 Å². The Balaban J connectivity index is 2.33. The van der Waals surface area contributed by atoms with Crippen LogP contribution in [0.2, 0.25) is 0 Å². The van der Waals surface area contributed by atoms with E-state index in [0.717, 1.165) is 0 Å². The summed E-state index contributed by atoms with van der Waals surface area (Å²) in [6.45, 7) is -0.408. The van der Waals surface area contributed by atoms with Crippen molar-refractivity contribution in [2.75, 3.05) is 13.2 Å². The Hall–Kier alpha value is -0.710. The molecule has 8 heteroatoms. The summed E-state index contributed by atoms with van der Waals surface area (Å²) in [5, 5.41) is 18.1. The number of ether oxygens (including phenoxy) is 1. The summed E-state index contributed by atoms with van der Waals surface area (Å²) in [5.41, 5.74) is -1.04. The van der Waals surface area contributed by atoms with E-state index in [9.17, 15) is 9.59 Å². The zero-order valence-electron chi connectivity index (χ0n) is 8.67. The van der Waals surface area contributed by atoms with Gasteiger partial charge in [-0.3, -0.25) is 14.3 Å². The lowest BCUT2D eigenvalue weighted by Crippen LogP contribution is -2.52. The van der Waals surface area contributed by atoms with Crippen molar-refractivity contribution >= 4 is 22.6 Å². The smallest absolute Gasteiger partial charge is 0.330 e. The first-order valence-corrected chi connectivity index (χ1v) is 6.04. The maximum absolute atomic E-state index is 11.6. The van der Waals surface area contributed by atoms with Crippen LogP contribution in [-0.4, -0.2) is 39.1 Å². The molecule has 2 rings (SSSR count). The van der Waals surface area contributed by atoms with Crippen molar-refractivity contribution < 1.29 is 14.9 Å². The normalized spacial score (nSPS) is 27.8. The number of nitrogens with one attached hydrogen (secondary N) is 1. The van der Waals surface area contributed by atoms with Crippen LogP contribution < -0.4 is 11.2 Å². The number of hydrogen-bond donors (Lipinski definition) is 3. The topological polar surface area (TPSA) is 105 Å². The average molecular weight is 354 g/mol. The molecule has 3 atom stereocenters. The third kappa shape index (κ3) is 2.17. The predicted molar refractivity (Wildman–Crippen MR) is 65.6 cm³/mol. The van der Waals surface area contributed by atoms with Crippen molar-refractivity contribution in [3.05, 3.63) is 30.6 Å². The second-order valence-corrected chi connectivity index (χ2v) is 4.90. The van der Waals surface area contributed by atoms with Gasteiger partial charge in [0.1, 0.15) is 6.23 Å². The van der Waals surface area contributed by atoms with Crippen LogP contribution in [0.3, 0.4) is 0 Å². The van der Waals surface area contributed by atoms with Crippen molar-refractivity contribution in [2.24, 2.45) is 5.92 Å². The van der Waals surface area contributed by atoms with E-state index in [-0.39, 0.29) is 19.1 Å². The molecule has 3 N–H and O–H groups in total. The number of nitrogens with zero attached hydrogens (tertiary/aromatic N) is 1. The summed E-state index contributed by atoms with van der Waals surface area (Å²) < 4.78 is 6.86. The molecule has 0 bridgehead atoms. The number of aromatic amines is 1. The Labute approximate surface area is 109 Å². The molecule has 94 valence electrons. The number of rotatable bonds is 3. The van der Waals surface area contributed by atoms with Gasteiger partial charge in [-0.05, 0) is 22.6 Å². The van der Waals surface area contributed by atoms with E-state index >= 15 is 0 Å². The molecule has 0 amide bonds. The molecule has 1 aliphatic heterocycles. The molecule has 0 aliphatic carbocycles. The van der Waals surface area contributed by atoms with Crippen LogP contribution in [0.15, 0.2) is 15.8 Å². The average Bonchev–Trinajstić information content (AvgIpc) is 2.25. The predicted octanol–water partition coefficient (Wildman–Crippen LogP) is -1.36. The molecule has 17 heavy (non-hydrogen) atoms. The zero-order chi connectivity index (χ0) is 12.6. The van der Waals surface area contributed by atoms with Crippen molar-refractivity contribution in [3.8, 4) is 0 Å². The van der Waals surface area contributed by atoms with E-state index in [1.165, 1.54) is 10.8 Å². The van der Waals surface area contributed by atoms with E-state index in [2.05, 4.69) is 4.98 Å². The maximum Gasteiger partial charge on any atom is 0.330 e. The minimum atomic E-state index is -0.644. The Morgan fingerprint density at radius 1 is 1.41 bits per heavy atom. The highest BCUT2D eigenvalue weighted by Crippen LogP contribution is 2.35. The van der Waals surface area contributed by atoms with Gasteiger partial charge in [0.2, 0.25) is 0 Å². The van der Waals surface area contributed by atoms with Crippen LogP contribution >= 0.6 is 22.6 Å². The number of aromatic nitrogens is 2. The van der Waals surface area contributed by atoms with Crippen LogP contribution in [0.1, 0.15) is 6.23 Å². The number of halogens is 1. The van der Waals surface area contributed by atoms with E-state index in [1.807, 2.05) is 0 Å². The van der Waals surface area contributed by atoms with Gasteiger partial charge in [-0.15, -0.1) is 0 Å². The molecular weight excluding hydrogens is 343 g/mol. The third-order valence-electron chi connectivity index (χ3n) is 2.75. The molecule has 2 heterocycles. The zero-order valence-corrected chi connectivity index (χ0v) is 10.8. The highest BCUT2D eigenvalue weighted by Gasteiger charge is 2.43. The van der Waals surface area contributed by atoms with Crippen molar-refractivity contribution in [3.63, 3.8) is 0 Å². The number of H-pyrrole nitrogens is 1. The van der Waals surface area contributed by atoms with E-state index in [4.69, 9.17) is 14.9 Å². The van der Waals surface area contributed by atoms with Crippen LogP contribution in [0.25, 0.3) is 0 Å². The fourth-order valence-corrected chi connectivity index (χ4v) is 2.22. The van der Waals surface area contributed by atoms with Gasteiger partial charge in [0, 0.05) is 6.20 Å². The monoisotopic (exact) mass is 354 g/mol. The van der Waals surface area contributed by atoms with E-state index < -0.39 is 23.6 Å². The van der Waals surface area contributed by atoms with Gasteiger partial charge in [0.25, 0.3) is 5.56 Å². The van der Waals surface area contributed by atoms with Crippen LogP contribution in [0, 0.1) is 9.49 Å². The fraction of sp³-hybridized carbons (Fsp3) is 0.556. The van der Waals surface area contributed by atoms with Crippen molar-refractivity contribution in [1.29, 1.82) is 0 Å². The quantitative estimate of drug-likeness (QED) is 0.582. The Morgan fingerprint density at radius 2 is 2.12 bits per heavy atom. The van der Waals surface area contributed by atoms with Gasteiger partial charge in [-0.1, -0.05) is 0 Å². The Bertz CT molecular complexity index is 525. The van der Waals surface area contributed by atoms with E-state index in [0.29, 0.717) is 3.57 Å². The lowest BCUT2D eigenvalue weighted by atomic mass is 9.95. The molecule has 1 fully saturated rings. The highest BCUT2D eigenvalue weighted by atomic mass is 127. The standard InChI is InChI=1S/C9H11IN2O5/c10-5-1-12(9(16)11-7(5)15)8-4(2-13)6(3-14)17-8/h1,4,6,8,13-14H,2-3H2,(H,11,15,16)/t4-,6-,8-/m1/s1. The number of aliphatic hydroxyl groups is 2. The van der Waals surface area contributed by atoms with Crippen LogP contribution in [0.5, 0.6) is 0 Å². The third-order valence-corrected chi connectivity index (χ3v) is 3.52. The summed E-state index contributed by atoms with van der Waals surface area (Å²) in [4.78, 5) is 24.9. The van der Waals surface area contributed by atoms with Gasteiger partial charge in [0.15, 0.2) is 0 Å². The SMILES string of the molecule is O=c1[nH]c(=O)n([C@@H]2O[C@H](CO)[C@H]2CO)cc1I. The molecule has 1 saturated heterocycles. The molecule has 0 spiro atoms. The molecule has 0 unspecified atom stereocenters. The summed E-state index contributed by atoms with van der Waals surface area (Å²) in [7, 11) is 0. The lowest BCUT2D eigenvalue weighted by molar-refractivity contribution is -0.246. The molecular formula is C9H11IN2O5. The molecule has 0 radical (unpaired) electrons. The first kappa shape index (κ1) is 12.7.